The summed E-state index contributed by atoms with van der Waals surface area (Å²) in [6.07, 6.45) is 1.39. The number of urea groups is 1. The highest BCUT2D eigenvalue weighted by Crippen LogP contribution is 2.12. The van der Waals surface area contributed by atoms with E-state index >= 15 is 0 Å². The lowest BCUT2D eigenvalue weighted by Crippen LogP contribution is -2.31. The van der Waals surface area contributed by atoms with E-state index in [1.54, 1.807) is 38.4 Å². The van der Waals surface area contributed by atoms with Crippen LogP contribution in [0.1, 0.15) is 5.56 Å². The summed E-state index contributed by atoms with van der Waals surface area (Å²) >= 11 is 0. The van der Waals surface area contributed by atoms with Crippen molar-refractivity contribution < 1.29 is 9.90 Å². The molecule has 2 N–H and O–H groups in total. The van der Waals surface area contributed by atoms with Crippen LogP contribution in [0.4, 0.5) is 4.79 Å². The van der Waals surface area contributed by atoms with E-state index in [0.717, 1.165) is 0 Å². The minimum absolute atomic E-state index is 0.125. The minimum Gasteiger partial charge on any atom is -0.507 e. The Morgan fingerprint density at radius 2 is 2.13 bits per heavy atom. The maximum absolute atomic E-state index is 11.1. The molecule has 0 fully saturated rings. The molecule has 5 heteroatoms. The predicted molar refractivity (Wildman–Crippen MR) is 57.9 cm³/mol. The van der Waals surface area contributed by atoms with Crippen LogP contribution >= 0.6 is 0 Å². The highest BCUT2D eigenvalue weighted by atomic mass is 16.3. The lowest BCUT2D eigenvalue weighted by molar-refractivity contribution is 0.218. The number of phenolic OH excluding ortho intramolecular Hbond substituents is 1. The minimum atomic E-state index is -0.318. The summed E-state index contributed by atoms with van der Waals surface area (Å²) in [5.41, 5.74) is 2.86. The molecule has 80 valence electrons. The van der Waals surface area contributed by atoms with Crippen molar-refractivity contribution in [3.8, 4) is 5.75 Å². The van der Waals surface area contributed by atoms with Gasteiger partial charge in [0.2, 0.25) is 0 Å². The van der Waals surface area contributed by atoms with E-state index in [1.807, 2.05) is 0 Å². The normalized spacial score (nSPS) is 10.3. The Bertz CT molecular complexity index is 375. The number of nitrogens with one attached hydrogen (secondary N) is 1. The number of para-hydroxylation sites is 1. The van der Waals surface area contributed by atoms with Crippen molar-refractivity contribution in [1.29, 1.82) is 0 Å². The first kappa shape index (κ1) is 11.0. The van der Waals surface area contributed by atoms with Gasteiger partial charge >= 0.3 is 6.03 Å². The first-order valence-corrected chi connectivity index (χ1v) is 4.39. The number of phenols is 1. The van der Waals surface area contributed by atoms with Crippen molar-refractivity contribution in [2.75, 3.05) is 14.1 Å². The molecule has 0 aliphatic heterocycles. The number of benzene rings is 1. The fourth-order valence-corrected chi connectivity index (χ4v) is 0.854. The quantitative estimate of drug-likeness (QED) is 0.561. The smallest absolute Gasteiger partial charge is 0.337 e. The molecular weight excluding hydrogens is 194 g/mol. The van der Waals surface area contributed by atoms with Gasteiger partial charge in [-0.15, -0.1) is 0 Å². The highest BCUT2D eigenvalue weighted by Gasteiger charge is 1.99. The number of carbonyl (C=O) groups excluding carboxylic acids is 1. The van der Waals surface area contributed by atoms with Gasteiger partial charge in [0.1, 0.15) is 5.75 Å². The zero-order valence-electron chi connectivity index (χ0n) is 8.64. The van der Waals surface area contributed by atoms with Gasteiger partial charge in [-0.2, -0.15) is 5.10 Å². The molecule has 0 saturated carbocycles. The van der Waals surface area contributed by atoms with E-state index in [0.29, 0.717) is 5.56 Å². The Morgan fingerprint density at radius 3 is 2.73 bits per heavy atom. The van der Waals surface area contributed by atoms with Crippen molar-refractivity contribution in [2.24, 2.45) is 5.10 Å². The molecule has 2 amide bonds. The molecular formula is C10H13N3O2. The van der Waals surface area contributed by atoms with Gasteiger partial charge in [-0.3, -0.25) is 0 Å². The van der Waals surface area contributed by atoms with Crippen molar-refractivity contribution in [3.63, 3.8) is 0 Å². The van der Waals surface area contributed by atoms with Crippen LogP contribution < -0.4 is 5.43 Å². The molecule has 0 atom stereocenters. The lowest BCUT2D eigenvalue weighted by Gasteiger charge is -2.07. The van der Waals surface area contributed by atoms with Gasteiger partial charge < -0.3 is 10.0 Å². The van der Waals surface area contributed by atoms with Gasteiger partial charge in [-0.1, -0.05) is 12.1 Å². The average molecular weight is 207 g/mol. The van der Waals surface area contributed by atoms with Crippen LogP contribution in [-0.4, -0.2) is 36.3 Å². The van der Waals surface area contributed by atoms with Crippen molar-refractivity contribution in [3.05, 3.63) is 29.8 Å². The molecule has 0 aliphatic carbocycles. The summed E-state index contributed by atoms with van der Waals surface area (Å²) < 4.78 is 0. The zero-order chi connectivity index (χ0) is 11.3. The van der Waals surface area contributed by atoms with E-state index in [2.05, 4.69) is 10.5 Å². The van der Waals surface area contributed by atoms with E-state index < -0.39 is 0 Å². The van der Waals surface area contributed by atoms with Gasteiger partial charge in [-0.25, -0.2) is 10.2 Å². The summed E-state index contributed by atoms with van der Waals surface area (Å²) in [5, 5.41) is 13.1. The number of hydrogen-bond donors (Lipinski definition) is 2. The molecule has 15 heavy (non-hydrogen) atoms. The predicted octanol–water partition coefficient (Wildman–Crippen LogP) is 0.997. The van der Waals surface area contributed by atoms with Gasteiger partial charge in [0, 0.05) is 19.7 Å². The van der Waals surface area contributed by atoms with Crippen molar-refractivity contribution >= 4 is 12.2 Å². The molecule has 1 aromatic rings. The molecule has 0 aliphatic rings. The van der Waals surface area contributed by atoms with Gasteiger partial charge in [0.05, 0.1) is 6.21 Å². The van der Waals surface area contributed by atoms with Crippen LogP contribution in [0.5, 0.6) is 5.75 Å². The third kappa shape index (κ3) is 3.30. The summed E-state index contributed by atoms with van der Waals surface area (Å²) in [4.78, 5) is 12.4. The van der Waals surface area contributed by atoms with Crippen molar-refractivity contribution in [1.82, 2.24) is 10.3 Å². The Balaban J connectivity index is 2.59. The second kappa shape index (κ2) is 4.99. The zero-order valence-corrected chi connectivity index (χ0v) is 8.64. The molecule has 0 bridgehead atoms. The fourth-order valence-electron chi connectivity index (χ4n) is 0.854. The SMILES string of the molecule is CN(C)C(=O)N/N=C/c1ccccc1O. The molecule has 0 saturated heterocycles. The van der Waals surface area contributed by atoms with Crippen LogP contribution in [0, 0.1) is 0 Å². The maximum Gasteiger partial charge on any atom is 0.337 e. The average Bonchev–Trinajstić information content (AvgIpc) is 2.20. The van der Waals surface area contributed by atoms with E-state index in [4.69, 9.17) is 0 Å². The van der Waals surface area contributed by atoms with Crippen LogP contribution in [0.15, 0.2) is 29.4 Å². The standard InChI is InChI=1S/C10H13N3O2/c1-13(2)10(15)12-11-7-8-5-3-4-6-9(8)14/h3-7,14H,1-2H3,(H,12,15)/b11-7+. The lowest BCUT2D eigenvalue weighted by atomic mass is 10.2. The monoisotopic (exact) mass is 207 g/mol. The topological polar surface area (TPSA) is 64.9 Å². The van der Waals surface area contributed by atoms with E-state index in [-0.39, 0.29) is 11.8 Å². The first-order chi connectivity index (χ1) is 7.11. The maximum atomic E-state index is 11.1. The fraction of sp³-hybridized carbons (Fsp3) is 0.200. The highest BCUT2D eigenvalue weighted by molar-refractivity contribution is 5.84. The van der Waals surface area contributed by atoms with Gasteiger partial charge in [0.25, 0.3) is 0 Å². The first-order valence-electron chi connectivity index (χ1n) is 4.39. The van der Waals surface area contributed by atoms with Crippen molar-refractivity contribution in [2.45, 2.75) is 0 Å². The summed E-state index contributed by atoms with van der Waals surface area (Å²) in [6.45, 7) is 0. The van der Waals surface area contributed by atoms with Crippen LogP contribution in [0.25, 0.3) is 0 Å². The van der Waals surface area contributed by atoms with E-state index in [1.165, 1.54) is 11.1 Å². The Hall–Kier alpha value is -2.04. The molecule has 0 radical (unpaired) electrons. The number of hydrogen-bond acceptors (Lipinski definition) is 3. The Kier molecular flexibility index (Phi) is 3.68. The molecule has 1 aromatic carbocycles. The largest absolute Gasteiger partial charge is 0.507 e. The molecule has 0 unspecified atom stereocenters. The van der Waals surface area contributed by atoms with E-state index in [9.17, 15) is 9.90 Å². The third-order valence-corrected chi connectivity index (χ3v) is 1.71. The van der Waals surface area contributed by atoms with Crippen LogP contribution in [0.2, 0.25) is 0 Å². The van der Waals surface area contributed by atoms with Crippen LogP contribution in [0.3, 0.4) is 0 Å². The molecule has 0 heterocycles. The summed E-state index contributed by atoms with van der Waals surface area (Å²) in [5.74, 6) is 0.125. The second-order valence-electron chi connectivity index (χ2n) is 3.13. The molecule has 0 spiro atoms. The van der Waals surface area contributed by atoms with Crippen LogP contribution in [-0.2, 0) is 0 Å². The Labute approximate surface area is 88.0 Å². The molecule has 0 aromatic heterocycles. The summed E-state index contributed by atoms with van der Waals surface area (Å²) in [7, 11) is 3.23. The number of rotatable bonds is 2. The number of amides is 2. The number of hydrazone groups is 1. The number of carbonyl (C=O) groups is 1. The Morgan fingerprint density at radius 1 is 1.47 bits per heavy atom. The van der Waals surface area contributed by atoms with Gasteiger partial charge in [-0.05, 0) is 12.1 Å². The summed E-state index contributed by atoms with van der Waals surface area (Å²) in [6, 6.07) is 6.41. The number of aromatic hydroxyl groups is 1. The van der Waals surface area contributed by atoms with Gasteiger partial charge in [0.15, 0.2) is 0 Å². The molecule has 1 rings (SSSR count). The number of nitrogens with zero attached hydrogens (tertiary/aromatic N) is 2. The second-order valence-corrected chi connectivity index (χ2v) is 3.13. The molecule has 5 nitrogen and oxygen atoms in total. The third-order valence-electron chi connectivity index (χ3n) is 1.71.